The number of likely N-dealkylation sites (N-methyl/N-ethyl adjacent to an activating group) is 1. The Balaban J connectivity index is 1.46. The summed E-state index contributed by atoms with van der Waals surface area (Å²) in [7, 11) is 1.59. The highest BCUT2D eigenvalue weighted by Crippen LogP contribution is 2.11. The van der Waals surface area contributed by atoms with Gasteiger partial charge in [-0.25, -0.2) is 4.79 Å². The van der Waals surface area contributed by atoms with Crippen molar-refractivity contribution < 1.29 is 14.4 Å². The molecule has 4 amide bonds. The third-order valence-corrected chi connectivity index (χ3v) is 4.50. The number of rotatable bonds is 8. The molecule has 3 rings (SSSR count). The van der Waals surface area contributed by atoms with Crippen LogP contribution in [0.25, 0.3) is 0 Å². The molecule has 0 spiro atoms. The van der Waals surface area contributed by atoms with Crippen molar-refractivity contribution in [2.45, 2.75) is 25.9 Å². The van der Waals surface area contributed by atoms with Gasteiger partial charge in [0.25, 0.3) is 0 Å². The van der Waals surface area contributed by atoms with Crippen molar-refractivity contribution in [3.63, 3.8) is 0 Å². The molecule has 1 aliphatic heterocycles. The summed E-state index contributed by atoms with van der Waals surface area (Å²) >= 11 is 0. The number of hydrogen-bond donors (Lipinski definition) is 1. The maximum atomic E-state index is 12.1. The van der Waals surface area contributed by atoms with E-state index >= 15 is 0 Å². The van der Waals surface area contributed by atoms with Gasteiger partial charge in [-0.05, 0) is 23.6 Å². The molecule has 1 aromatic carbocycles. The van der Waals surface area contributed by atoms with Crippen LogP contribution in [-0.2, 0) is 22.7 Å². The number of nitrogens with one attached hydrogen (secondary N) is 1. The van der Waals surface area contributed by atoms with Gasteiger partial charge in [-0.3, -0.25) is 19.2 Å². The lowest BCUT2D eigenvalue weighted by atomic mass is 10.1. The van der Waals surface area contributed by atoms with Gasteiger partial charge in [0.05, 0.1) is 6.54 Å². The van der Waals surface area contributed by atoms with Gasteiger partial charge < -0.3 is 10.2 Å². The zero-order chi connectivity index (χ0) is 19.2. The molecule has 8 nitrogen and oxygen atoms in total. The van der Waals surface area contributed by atoms with Crippen LogP contribution in [0.3, 0.4) is 0 Å². The van der Waals surface area contributed by atoms with Crippen LogP contribution in [-0.4, -0.2) is 57.6 Å². The number of urea groups is 1. The van der Waals surface area contributed by atoms with Crippen LogP contribution in [0.4, 0.5) is 4.79 Å². The van der Waals surface area contributed by atoms with Gasteiger partial charge in [-0.2, -0.15) is 5.10 Å². The molecule has 1 N–H and O–H groups in total. The molecule has 2 heterocycles. The first kappa shape index (κ1) is 18.6. The summed E-state index contributed by atoms with van der Waals surface area (Å²) in [5.74, 6) is -0.313. The summed E-state index contributed by atoms with van der Waals surface area (Å²) in [5, 5.41) is 7.12. The Morgan fingerprint density at radius 2 is 1.96 bits per heavy atom. The van der Waals surface area contributed by atoms with Crippen LogP contribution < -0.4 is 5.32 Å². The second kappa shape index (κ2) is 8.48. The van der Waals surface area contributed by atoms with Gasteiger partial charge in [-0.15, -0.1) is 0 Å². The number of hydrogen-bond acceptors (Lipinski definition) is 4. The minimum absolute atomic E-state index is 0.101. The fourth-order valence-corrected chi connectivity index (χ4v) is 3.02. The average molecular weight is 369 g/mol. The highest BCUT2D eigenvalue weighted by Gasteiger charge is 2.32. The van der Waals surface area contributed by atoms with E-state index in [1.807, 2.05) is 41.2 Å². The van der Waals surface area contributed by atoms with Crippen molar-refractivity contribution in [3.05, 3.63) is 53.9 Å². The maximum absolute atomic E-state index is 12.1. The Morgan fingerprint density at radius 1 is 1.19 bits per heavy atom. The lowest BCUT2D eigenvalue weighted by Gasteiger charge is -2.14. The first-order valence-corrected chi connectivity index (χ1v) is 8.91. The van der Waals surface area contributed by atoms with E-state index in [0.717, 1.165) is 11.1 Å². The van der Waals surface area contributed by atoms with Gasteiger partial charge in [0.1, 0.15) is 6.54 Å². The van der Waals surface area contributed by atoms with Crippen molar-refractivity contribution in [2.75, 3.05) is 20.1 Å². The van der Waals surface area contributed by atoms with E-state index in [4.69, 9.17) is 0 Å². The van der Waals surface area contributed by atoms with E-state index in [9.17, 15) is 14.4 Å². The molecule has 2 aromatic rings. The van der Waals surface area contributed by atoms with Crippen LogP contribution in [0.1, 0.15) is 24.0 Å². The summed E-state index contributed by atoms with van der Waals surface area (Å²) in [5.41, 5.74) is 2.13. The summed E-state index contributed by atoms with van der Waals surface area (Å²) in [6.07, 6.45) is 4.35. The Bertz CT molecular complexity index is 819. The lowest BCUT2D eigenvalue weighted by Crippen LogP contribution is -2.33. The number of aromatic nitrogens is 2. The molecular formula is C19H23N5O3. The van der Waals surface area contributed by atoms with Crippen molar-refractivity contribution in [1.29, 1.82) is 0 Å². The minimum atomic E-state index is -0.298. The predicted octanol–water partition coefficient (Wildman–Crippen LogP) is 1.22. The molecule has 1 aliphatic rings. The molecule has 8 heteroatoms. The number of imide groups is 1. The van der Waals surface area contributed by atoms with Crippen LogP contribution in [0.5, 0.6) is 0 Å². The molecule has 0 saturated carbocycles. The number of carbonyl (C=O) groups is 3. The van der Waals surface area contributed by atoms with E-state index in [0.29, 0.717) is 19.5 Å². The number of carbonyl (C=O) groups excluding carboxylic acids is 3. The fourth-order valence-electron chi connectivity index (χ4n) is 3.02. The number of amides is 4. The second-order valence-electron chi connectivity index (χ2n) is 6.54. The number of nitrogens with zero attached hydrogens (tertiary/aromatic N) is 4. The Kier molecular flexibility index (Phi) is 5.85. The molecule has 0 aliphatic carbocycles. The van der Waals surface area contributed by atoms with Gasteiger partial charge in [0.2, 0.25) is 11.8 Å². The van der Waals surface area contributed by atoms with Crippen LogP contribution in [0.15, 0.2) is 42.7 Å². The predicted molar refractivity (Wildman–Crippen MR) is 98.6 cm³/mol. The van der Waals surface area contributed by atoms with Crippen LogP contribution in [0, 0.1) is 0 Å². The zero-order valence-electron chi connectivity index (χ0n) is 15.3. The first-order valence-electron chi connectivity index (χ1n) is 8.91. The summed E-state index contributed by atoms with van der Waals surface area (Å²) in [6, 6.07) is 9.48. The first-order chi connectivity index (χ1) is 13.0. The monoisotopic (exact) mass is 369 g/mol. The van der Waals surface area contributed by atoms with E-state index in [-0.39, 0.29) is 37.4 Å². The van der Waals surface area contributed by atoms with Gasteiger partial charge >= 0.3 is 6.03 Å². The maximum Gasteiger partial charge on any atom is 0.326 e. The normalized spacial score (nSPS) is 14.1. The third-order valence-electron chi connectivity index (χ3n) is 4.50. The molecule has 0 bridgehead atoms. The molecule has 0 atom stereocenters. The molecule has 0 radical (unpaired) electrons. The third kappa shape index (κ3) is 4.72. The molecule has 1 saturated heterocycles. The quantitative estimate of drug-likeness (QED) is 0.709. The smallest absolute Gasteiger partial charge is 0.326 e. The van der Waals surface area contributed by atoms with Crippen molar-refractivity contribution in [2.24, 2.45) is 0 Å². The van der Waals surface area contributed by atoms with E-state index < -0.39 is 0 Å². The summed E-state index contributed by atoms with van der Waals surface area (Å²) < 4.78 is 1.84. The van der Waals surface area contributed by atoms with E-state index in [2.05, 4.69) is 10.4 Å². The van der Waals surface area contributed by atoms with Crippen molar-refractivity contribution in [1.82, 2.24) is 24.9 Å². The molecule has 27 heavy (non-hydrogen) atoms. The summed E-state index contributed by atoms with van der Waals surface area (Å²) in [4.78, 5) is 38.2. The molecule has 1 fully saturated rings. The minimum Gasteiger partial charge on any atom is -0.352 e. The van der Waals surface area contributed by atoms with Crippen LogP contribution in [0.2, 0.25) is 0 Å². The van der Waals surface area contributed by atoms with Crippen LogP contribution >= 0.6 is 0 Å². The molecule has 0 unspecified atom stereocenters. The molecule has 1 aromatic heterocycles. The average Bonchev–Trinajstić information content (AvgIpc) is 3.24. The SMILES string of the molecule is CN1CC(=O)N(CCCC(=O)NCc2ccccc2Cn2cccn2)C1=O. The number of benzene rings is 1. The summed E-state index contributed by atoms with van der Waals surface area (Å²) in [6.45, 7) is 1.45. The standard InChI is InChI=1S/C19H23N5O3/c1-22-14-18(26)24(19(22)27)11-4-8-17(25)20-12-15-6-2-3-7-16(15)13-23-10-5-9-21-23/h2-3,5-7,9-10H,4,8,11-14H2,1H3,(H,20,25). The second-order valence-corrected chi connectivity index (χ2v) is 6.54. The lowest BCUT2D eigenvalue weighted by molar-refractivity contribution is -0.126. The van der Waals surface area contributed by atoms with Crippen molar-refractivity contribution >= 4 is 17.8 Å². The molecular weight excluding hydrogens is 346 g/mol. The largest absolute Gasteiger partial charge is 0.352 e. The van der Waals surface area contributed by atoms with E-state index in [1.165, 1.54) is 9.80 Å². The Hall–Kier alpha value is -3.16. The Labute approximate surface area is 157 Å². The van der Waals surface area contributed by atoms with Gasteiger partial charge in [0, 0.05) is 39.0 Å². The molecule has 142 valence electrons. The highest BCUT2D eigenvalue weighted by atomic mass is 16.2. The van der Waals surface area contributed by atoms with Gasteiger partial charge in [0.15, 0.2) is 0 Å². The zero-order valence-corrected chi connectivity index (χ0v) is 15.3. The van der Waals surface area contributed by atoms with Crippen molar-refractivity contribution in [3.8, 4) is 0 Å². The Morgan fingerprint density at radius 3 is 2.63 bits per heavy atom. The fraction of sp³-hybridized carbons (Fsp3) is 0.368. The topological polar surface area (TPSA) is 87.5 Å². The van der Waals surface area contributed by atoms with Gasteiger partial charge in [-0.1, -0.05) is 24.3 Å². The highest BCUT2D eigenvalue weighted by molar-refractivity contribution is 6.01. The van der Waals surface area contributed by atoms with E-state index in [1.54, 1.807) is 13.2 Å².